The van der Waals surface area contributed by atoms with Gasteiger partial charge >= 0.3 is 0 Å². The Morgan fingerprint density at radius 3 is 2.66 bits per heavy atom. The van der Waals surface area contributed by atoms with E-state index in [9.17, 15) is 4.79 Å². The molecule has 0 saturated carbocycles. The van der Waals surface area contributed by atoms with Crippen LogP contribution in [0.2, 0.25) is 0 Å². The standard InChI is InChI=1S/C23H29N5O3S/c1-3-28-22(20-8-11-31-17(20)2)25-26-23(28)32-16-21(29)24-14-18-6-4-5-7-19(18)15-27-9-12-30-13-10-27/h4-8,11H,3,9-10,12-16H2,1-2H3,(H,24,29). The summed E-state index contributed by atoms with van der Waals surface area (Å²) >= 11 is 1.40. The molecule has 1 amide bonds. The summed E-state index contributed by atoms with van der Waals surface area (Å²) in [5.41, 5.74) is 3.31. The Morgan fingerprint density at radius 2 is 1.94 bits per heavy atom. The fourth-order valence-electron chi connectivity index (χ4n) is 3.76. The average Bonchev–Trinajstić information content (AvgIpc) is 3.42. The third-order valence-electron chi connectivity index (χ3n) is 5.56. The molecule has 1 aromatic carbocycles. The summed E-state index contributed by atoms with van der Waals surface area (Å²) in [7, 11) is 0. The predicted molar refractivity (Wildman–Crippen MR) is 123 cm³/mol. The largest absolute Gasteiger partial charge is 0.469 e. The zero-order chi connectivity index (χ0) is 22.3. The van der Waals surface area contributed by atoms with Gasteiger partial charge in [0.25, 0.3) is 0 Å². The van der Waals surface area contributed by atoms with Crippen molar-refractivity contribution in [2.24, 2.45) is 0 Å². The molecule has 0 radical (unpaired) electrons. The summed E-state index contributed by atoms with van der Waals surface area (Å²) in [6.45, 7) is 9.48. The highest BCUT2D eigenvalue weighted by Gasteiger charge is 2.18. The summed E-state index contributed by atoms with van der Waals surface area (Å²) in [6.07, 6.45) is 1.65. The van der Waals surface area contributed by atoms with Gasteiger partial charge in [0.15, 0.2) is 11.0 Å². The van der Waals surface area contributed by atoms with Crippen LogP contribution in [0.15, 0.2) is 46.2 Å². The second kappa shape index (κ2) is 10.8. The van der Waals surface area contributed by atoms with E-state index in [0.29, 0.717) is 13.1 Å². The molecule has 1 fully saturated rings. The lowest BCUT2D eigenvalue weighted by molar-refractivity contribution is -0.118. The molecular weight excluding hydrogens is 426 g/mol. The van der Waals surface area contributed by atoms with Crippen LogP contribution in [0, 0.1) is 6.92 Å². The number of hydrogen-bond acceptors (Lipinski definition) is 7. The molecule has 0 spiro atoms. The SMILES string of the molecule is CCn1c(SCC(=O)NCc2ccccc2CN2CCOCC2)nnc1-c1ccoc1C. The van der Waals surface area contributed by atoms with Crippen LogP contribution in [0.3, 0.4) is 0 Å². The van der Waals surface area contributed by atoms with Crippen molar-refractivity contribution in [2.45, 2.75) is 38.6 Å². The maximum Gasteiger partial charge on any atom is 0.230 e. The number of aryl methyl sites for hydroxylation is 1. The third-order valence-corrected chi connectivity index (χ3v) is 6.52. The molecule has 1 saturated heterocycles. The Balaban J connectivity index is 1.33. The van der Waals surface area contributed by atoms with E-state index >= 15 is 0 Å². The first kappa shape index (κ1) is 22.6. The summed E-state index contributed by atoms with van der Waals surface area (Å²) in [4.78, 5) is 14.9. The summed E-state index contributed by atoms with van der Waals surface area (Å²) < 4.78 is 12.8. The smallest absolute Gasteiger partial charge is 0.230 e. The van der Waals surface area contributed by atoms with Gasteiger partial charge in [0.1, 0.15) is 5.76 Å². The Labute approximate surface area is 192 Å². The van der Waals surface area contributed by atoms with E-state index in [0.717, 1.165) is 60.7 Å². The molecule has 32 heavy (non-hydrogen) atoms. The first-order valence-corrected chi connectivity index (χ1v) is 11.9. The number of ether oxygens (including phenoxy) is 1. The molecule has 1 N–H and O–H groups in total. The molecule has 0 atom stereocenters. The van der Waals surface area contributed by atoms with E-state index in [4.69, 9.17) is 9.15 Å². The molecule has 2 aromatic heterocycles. The fraction of sp³-hybridized carbons (Fsp3) is 0.435. The summed E-state index contributed by atoms with van der Waals surface area (Å²) in [5, 5.41) is 12.4. The fourth-order valence-corrected chi connectivity index (χ4v) is 4.59. The first-order valence-electron chi connectivity index (χ1n) is 10.9. The molecule has 0 aliphatic carbocycles. The van der Waals surface area contributed by atoms with Crippen LogP contribution in [0.25, 0.3) is 11.4 Å². The predicted octanol–water partition coefficient (Wildman–Crippen LogP) is 3.11. The summed E-state index contributed by atoms with van der Waals surface area (Å²) in [5.74, 6) is 1.83. The van der Waals surface area contributed by atoms with Gasteiger partial charge in [-0.25, -0.2) is 0 Å². The first-order chi connectivity index (χ1) is 15.7. The zero-order valence-corrected chi connectivity index (χ0v) is 19.4. The normalized spacial score (nSPS) is 14.6. The topological polar surface area (TPSA) is 85.4 Å². The average molecular weight is 456 g/mol. The number of hydrogen-bond donors (Lipinski definition) is 1. The Hall–Kier alpha value is -2.62. The van der Waals surface area contributed by atoms with Crippen LogP contribution in [0.1, 0.15) is 23.8 Å². The van der Waals surface area contributed by atoms with Gasteiger partial charge in [0, 0.05) is 32.7 Å². The van der Waals surface area contributed by atoms with Crippen molar-refractivity contribution < 1.29 is 13.9 Å². The number of furan rings is 1. The number of carbonyl (C=O) groups excluding carboxylic acids is 1. The van der Waals surface area contributed by atoms with Crippen LogP contribution < -0.4 is 5.32 Å². The minimum Gasteiger partial charge on any atom is -0.469 e. The van der Waals surface area contributed by atoms with Gasteiger partial charge in [-0.3, -0.25) is 9.69 Å². The maximum atomic E-state index is 12.5. The number of rotatable bonds is 9. The number of carbonyl (C=O) groups is 1. The van der Waals surface area contributed by atoms with Gasteiger partial charge in [-0.05, 0) is 31.0 Å². The highest BCUT2D eigenvalue weighted by Crippen LogP contribution is 2.26. The van der Waals surface area contributed by atoms with E-state index in [1.165, 1.54) is 17.3 Å². The quantitative estimate of drug-likeness (QED) is 0.496. The van der Waals surface area contributed by atoms with Crippen LogP contribution in [-0.2, 0) is 29.2 Å². The monoisotopic (exact) mass is 455 g/mol. The lowest BCUT2D eigenvalue weighted by Gasteiger charge is -2.27. The molecule has 1 aliphatic rings. The van der Waals surface area contributed by atoms with Crippen LogP contribution in [0.5, 0.6) is 0 Å². The van der Waals surface area contributed by atoms with Gasteiger partial charge in [0.05, 0.1) is 30.8 Å². The Morgan fingerprint density at radius 1 is 1.16 bits per heavy atom. The van der Waals surface area contributed by atoms with Gasteiger partial charge in [-0.2, -0.15) is 0 Å². The third kappa shape index (κ3) is 5.40. The minimum atomic E-state index is -0.0251. The number of thioether (sulfide) groups is 1. The Kier molecular flexibility index (Phi) is 7.62. The highest BCUT2D eigenvalue weighted by atomic mass is 32.2. The minimum absolute atomic E-state index is 0.0251. The molecule has 1 aliphatic heterocycles. The number of amides is 1. The van der Waals surface area contributed by atoms with E-state index in [1.807, 2.05) is 36.6 Å². The molecule has 0 unspecified atom stereocenters. The highest BCUT2D eigenvalue weighted by molar-refractivity contribution is 7.99. The van der Waals surface area contributed by atoms with Gasteiger partial charge in [0.2, 0.25) is 5.91 Å². The number of aromatic nitrogens is 3. The van der Waals surface area contributed by atoms with Crippen LogP contribution >= 0.6 is 11.8 Å². The van der Waals surface area contributed by atoms with Gasteiger partial charge < -0.3 is 19.0 Å². The lowest BCUT2D eigenvalue weighted by atomic mass is 10.1. The zero-order valence-electron chi connectivity index (χ0n) is 18.5. The van der Waals surface area contributed by atoms with Crippen LogP contribution in [0.4, 0.5) is 0 Å². The van der Waals surface area contributed by atoms with E-state index < -0.39 is 0 Å². The molecule has 4 rings (SSSR count). The molecule has 8 nitrogen and oxygen atoms in total. The van der Waals surface area contributed by atoms with Crippen molar-refractivity contribution in [3.8, 4) is 11.4 Å². The number of morpholine rings is 1. The van der Waals surface area contributed by atoms with Crippen LogP contribution in [-0.4, -0.2) is 57.6 Å². The van der Waals surface area contributed by atoms with Crippen molar-refractivity contribution in [2.75, 3.05) is 32.1 Å². The Bertz CT molecular complexity index is 1040. The van der Waals surface area contributed by atoms with Crippen molar-refractivity contribution >= 4 is 17.7 Å². The lowest BCUT2D eigenvalue weighted by Crippen LogP contribution is -2.36. The van der Waals surface area contributed by atoms with Crippen molar-refractivity contribution in [1.82, 2.24) is 25.0 Å². The molecular formula is C23H29N5O3S. The van der Waals surface area contributed by atoms with E-state index in [2.05, 4.69) is 32.5 Å². The molecule has 170 valence electrons. The van der Waals surface area contributed by atoms with Crippen molar-refractivity contribution in [3.63, 3.8) is 0 Å². The van der Waals surface area contributed by atoms with Gasteiger partial charge in [-0.15, -0.1) is 10.2 Å². The summed E-state index contributed by atoms with van der Waals surface area (Å²) in [6, 6.07) is 10.2. The molecule has 3 aromatic rings. The van der Waals surface area contributed by atoms with Gasteiger partial charge in [-0.1, -0.05) is 36.0 Å². The van der Waals surface area contributed by atoms with E-state index in [-0.39, 0.29) is 11.7 Å². The van der Waals surface area contributed by atoms with E-state index in [1.54, 1.807) is 6.26 Å². The number of nitrogens with one attached hydrogen (secondary N) is 1. The second-order valence-electron chi connectivity index (χ2n) is 7.66. The molecule has 9 heteroatoms. The van der Waals surface area contributed by atoms with Crippen molar-refractivity contribution in [3.05, 3.63) is 53.5 Å². The maximum absolute atomic E-state index is 12.5. The van der Waals surface area contributed by atoms with Crippen molar-refractivity contribution in [1.29, 1.82) is 0 Å². The number of benzene rings is 1. The second-order valence-corrected chi connectivity index (χ2v) is 8.61. The number of nitrogens with zero attached hydrogens (tertiary/aromatic N) is 4. The molecule has 0 bridgehead atoms. The molecule has 3 heterocycles.